The number of nitrogens with zero attached hydrogens (tertiary/aromatic N) is 3. The molecule has 2 heterocycles. The largest absolute Gasteiger partial charge is 0.508 e. The number of nitriles is 1. The van der Waals surface area contributed by atoms with Crippen molar-refractivity contribution in [3.05, 3.63) is 29.8 Å². The standard InChI is InChI=1S/C36H54N8O7.C16H32O/c1-4-27(35(50)43-21-7-9-25(43)23-45)41-32(47)28(38-2)11-6-20-40-34(49)31-12-8-22-44(31)36(51)30(10-5-19-37)42-33(48)29(39-3)18-15-24-13-16-26(46)17-14-24;1-4-15(2)14-16(3)12-10-8-6-5-7-9-11-13-17/h13-14,16-17,23,25,27-31,38-39,46H,4-12,15,18,20-22H2,1-3H3,(H,40,49)(H,41,47)(H,42,48);13,15-16H,4-12,14H2,1-3H3. The van der Waals surface area contributed by atoms with Gasteiger partial charge >= 0.3 is 0 Å². The summed E-state index contributed by atoms with van der Waals surface area (Å²) in [4.78, 5) is 90.8. The van der Waals surface area contributed by atoms with Gasteiger partial charge in [0.2, 0.25) is 29.5 Å². The van der Waals surface area contributed by atoms with Crippen molar-refractivity contribution in [1.29, 1.82) is 5.26 Å². The third-order valence-corrected chi connectivity index (χ3v) is 13.5. The van der Waals surface area contributed by atoms with Crippen LogP contribution in [0.25, 0.3) is 0 Å². The molecule has 1 aromatic rings. The molecule has 2 aliphatic rings. The molecule has 0 spiro atoms. The molecule has 6 N–H and O–H groups in total. The first-order valence-corrected chi connectivity index (χ1v) is 25.7. The highest BCUT2D eigenvalue weighted by molar-refractivity contribution is 5.94. The average Bonchev–Trinajstić information content (AvgIpc) is 4.04. The number of amides is 5. The van der Waals surface area contributed by atoms with E-state index in [4.69, 9.17) is 0 Å². The van der Waals surface area contributed by atoms with Gasteiger partial charge in [-0.1, -0.05) is 84.8 Å². The van der Waals surface area contributed by atoms with Crippen molar-refractivity contribution in [2.75, 3.05) is 33.7 Å². The Labute approximate surface area is 407 Å². The van der Waals surface area contributed by atoms with Crippen LogP contribution in [-0.2, 0) is 40.0 Å². The van der Waals surface area contributed by atoms with Crippen molar-refractivity contribution < 1.29 is 38.7 Å². The predicted octanol–water partition coefficient (Wildman–Crippen LogP) is 5.64. The second-order valence-electron chi connectivity index (χ2n) is 18.8. The van der Waals surface area contributed by atoms with E-state index in [-0.39, 0.29) is 48.8 Å². The molecule has 16 nitrogen and oxygen atoms in total. The maximum Gasteiger partial charge on any atom is 0.245 e. The van der Waals surface area contributed by atoms with Gasteiger partial charge < -0.3 is 51.1 Å². The molecule has 0 radical (unpaired) electrons. The monoisotopic (exact) mass is 951 g/mol. The molecule has 8 unspecified atom stereocenters. The number of aromatic hydroxyl groups is 1. The van der Waals surface area contributed by atoms with Gasteiger partial charge in [-0.15, -0.1) is 0 Å². The SMILES string of the molecule is CCC(C)CC(C)CCCCCCCCC=O.CCC(NC(=O)C(CCCNC(=O)C1CCCN1C(=O)C(CCC#N)NC(=O)C(CCc1ccc(O)cc1)NC)NC)C(=O)N1CCCC1C=O. The van der Waals surface area contributed by atoms with Gasteiger partial charge in [0.15, 0.2) is 0 Å². The van der Waals surface area contributed by atoms with E-state index in [2.05, 4.69) is 47.4 Å². The van der Waals surface area contributed by atoms with Crippen molar-refractivity contribution in [2.24, 2.45) is 11.8 Å². The summed E-state index contributed by atoms with van der Waals surface area (Å²) < 4.78 is 0. The minimum absolute atomic E-state index is 0.0456. The van der Waals surface area contributed by atoms with E-state index in [9.17, 15) is 43.9 Å². The maximum atomic E-state index is 13.7. The van der Waals surface area contributed by atoms with E-state index < -0.39 is 42.2 Å². The lowest BCUT2D eigenvalue weighted by Crippen LogP contribution is -2.56. The van der Waals surface area contributed by atoms with Crippen LogP contribution in [0.2, 0.25) is 0 Å². The number of benzene rings is 1. The van der Waals surface area contributed by atoms with Crippen molar-refractivity contribution in [3.63, 3.8) is 0 Å². The number of phenolic OH excluding ortho intramolecular Hbond substituents is 1. The molecule has 2 fully saturated rings. The molecule has 0 saturated carbocycles. The number of hydrogen-bond acceptors (Lipinski definition) is 11. The van der Waals surface area contributed by atoms with Crippen molar-refractivity contribution in [3.8, 4) is 11.8 Å². The maximum absolute atomic E-state index is 13.7. The highest BCUT2D eigenvalue weighted by atomic mass is 16.3. The number of nitrogens with one attached hydrogen (secondary N) is 5. The van der Waals surface area contributed by atoms with Crippen LogP contribution in [0.1, 0.15) is 162 Å². The normalized spacial score (nSPS) is 18.1. The summed E-state index contributed by atoms with van der Waals surface area (Å²) in [6.07, 6.45) is 19.3. The number of hydrogen-bond donors (Lipinski definition) is 6. The number of aldehydes is 2. The molecule has 5 amide bonds. The predicted molar refractivity (Wildman–Crippen MR) is 265 cm³/mol. The number of carbonyl (C=O) groups is 7. The lowest BCUT2D eigenvalue weighted by Gasteiger charge is -2.29. The van der Waals surface area contributed by atoms with Crippen LogP contribution in [0, 0.1) is 23.2 Å². The third-order valence-electron chi connectivity index (χ3n) is 13.5. The fourth-order valence-corrected chi connectivity index (χ4v) is 9.08. The Hall–Kier alpha value is -4.88. The highest BCUT2D eigenvalue weighted by Gasteiger charge is 2.38. The summed E-state index contributed by atoms with van der Waals surface area (Å²) in [5.74, 6) is 0.224. The molecular formula is C52H86N8O8. The molecular weight excluding hydrogens is 865 g/mol. The first-order chi connectivity index (χ1) is 32.8. The molecule has 0 aliphatic carbocycles. The Morgan fingerprint density at radius 3 is 1.96 bits per heavy atom. The highest BCUT2D eigenvalue weighted by Crippen LogP contribution is 2.22. The lowest BCUT2D eigenvalue weighted by molar-refractivity contribution is -0.141. The summed E-state index contributed by atoms with van der Waals surface area (Å²) in [6, 6.07) is 4.64. The van der Waals surface area contributed by atoms with E-state index >= 15 is 0 Å². The van der Waals surface area contributed by atoms with Crippen LogP contribution < -0.4 is 26.6 Å². The van der Waals surface area contributed by atoms with E-state index in [0.29, 0.717) is 64.5 Å². The van der Waals surface area contributed by atoms with Crippen molar-refractivity contribution in [2.45, 2.75) is 199 Å². The fraction of sp³-hybridized carbons (Fsp3) is 0.731. The Kier molecular flexibility index (Phi) is 30.0. The van der Waals surface area contributed by atoms with Gasteiger partial charge in [0, 0.05) is 32.5 Å². The number of likely N-dealkylation sites (N-methyl/N-ethyl adjacent to an activating group) is 2. The number of phenols is 1. The molecule has 16 heteroatoms. The Bertz CT molecular complexity index is 1710. The zero-order valence-corrected chi connectivity index (χ0v) is 42.2. The first-order valence-electron chi connectivity index (χ1n) is 25.7. The molecule has 0 aromatic heterocycles. The first kappa shape index (κ1) is 59.2. The summed E-state index contributed by atoms with van der Waals surface area (Å²) in [6.45, 7) is 9.94. The van der Waals surface area contributed by atoms with Gasteiger partial charge in [0.1, 0.15) is 36.4 Å². The number of likely N-dealkylation sites (tertiary alicyclic amines) is 2. The average molecular weight is 951 g/mol. The summed E-state index contributed by atoms with van der Waals surface area (Å²) >= 11 is 0. The Morgan fingerprint density at radius 1 is 0.735 bits per heavy atom. The van der Waals surface area contributed by atoms with Crippen LogP contribution in [0.15, 0.2) is 24.3 Å². The van der Waals surface area contributed by atoms with Gasteiger partial charge in [-0.05, 0) is 121 Å². The zero-order chi connectivity index (χ0) is 50.3. The number of rotatable bonds is 32. The van der Waals surface area contributed by atoms with Crippen LogP contribution in [0.4, 0.5) is 0 Å². The van der Waals surface area contributed by atoms with E-state index in [0.717, 1.165) is 49.2 Å². The van der Waals surface area contributed by atoms with Gasteiger partial charge in [-0.2, -0.15) is 5.26 Å². The minimum Gasteiger partial charge on any atom is -0.508 e. The summed E-state index contributed by atoms with van der Waals surface area (Å²) in [7, 11) is 3.30. The Morgan fingerprint density at radius 2 is 1.34 bits per heavy atom. The smallest absolute Gasteiger partial charge is 0.245 e. The van der Waals surface area contributed by atoms with Crippen LogP contribution in [0.5, 0.6) is 5.75 Å². The molecule has 0 bridgehead atoms. The second-order valence-corrected chi connectivity index (χ2v) is 18.8. The molecule has 3 rings (SSSR count). The molecule has 68 heavy (non-hydrogen) atoms. The second kappa shape index (κ2) is 34.4. The molecule has 2 aliphatic heterocycles. The van der Waals surface area contributed by atoms with Crippen molar-refractivity contribution in [1.82, 2.24) is 36.4 Å². The van der Waals surface area contributed by atoms with Gasteiger partial charge in [-0.3, -0.25) is 24.0 Å². The fourth-order valence-electron chi connectivity index (χ4n) is 9.08. The minimum atomic E-state index is -0.974. The van der Waals surface area contributed by atoms with Gasteiger partial charge in [0.25, 0.3) is 0 Å². The quantitative estimate of drug-likeness (QED) is 0.0383. The number of carbonyl (C=O) groups excluding carboxylic acids is 7. The summed E-state index contributed by atoms with van der Waals surface area (Å²) in [5.41, 5.74) is 0.942. The van der Waals surface area contributed by atoms with E-state index in [1.165, 1.54) is 61.2 Å². The van der Waals surface area contributed by atoms with E-state index in [1.54, 1.807) is 45.3 Å². The lowest BCUT2D eigenvalue weighted by atomic mass is 9.91. The third kappa shape index (κ3) is 21.6. The number of aryl methyl sites for hydroxylation is 1. The zero-order valence-electron chi connectivity index (χ0n) is 42.2. The van der Waals surface area contributed by atoms with Gasteiger partial charge in [0.05, 0.1) is 24.2 Å². The number of unbranched alkanes of at least 4 members (excludes halogenated alkanes) is 6. The Balaban J connectivity index is 0.000000789. The topological polar surface area (TPSA) is 230 Å². The van der Waals surface area contributed by atoms with Crippen molar-refractivity contribution >= 4 is 42.1 Å². The van der Waals surface area contributed by atoms with E-state index in [1.807, 2.05) is 6.07 Å². The molecule has 1 aromatic carbocycles. The van der Waals surface area contributed by atoms with Crippen LogP contribution in [-0.4, -0.2) is 127 Å². The molecule has 382 valence electrons. The molecule has 8 atom stereocenters. The molecule has 2 saturated heterocycles. The summed E-state index contributed by atoms with van der Waals surface area (Å²) in [5, 5.41) is 33.2. The van der Waals surface area contributed by atoms with Crippen LogP contribution >= 0.6 is 0 Å². The van der Waals surface area contributed by atoms with Gasteiger partial charge in [-0.25, -0.2) is 0 Å². The van der Waals surface area contributed by atoms with Crippen LogP contribution in [0.3, 0.4) is 0 Å².